The molecule has 1 heterocycles. The molecule has 1 fully saturated rings. The van der Waals surface area contributed by atoms with Gasteiger partial charge in [-0.1, -0.05) is 26.0 Å². The van der Waals surface area contributed by atoms with Gasteiger partial charge in [0, 0.05) is 18.7 Å². The summed E-state index contributed by atoms with van der Waals surface area (Å²) in [5, 5.41) is 17.5. The number of hydrogen-bond donors (Lipinski definition) is 2. The Morgan fingerprint density at radius 1 is 1.32 bits per heavy atom. The molecule has 0 unspecified atom stereocenters. The quantitative estimate of drug-likeness (QED) is 0.889. The summed E-state index contributed by atoms with van der Waals surface area (Å²) < 4.78 is 1.34. The molecule has 2 N–H and O–H groups in total. The molecule has 0 spiro atoms. The molecule has 22 heavy (non-hydrogen) atoms. The van der Waals surface area contributed by atoms with E-state index >= 15 is 0 Å². The van der Waals surface area contributed by atoms with E-state index in [9.17, 15) is 9.90 Å². The van der Waals surface area contributed by atoms with E-state index in [1.54, 1.807) is 0 Å². The minimum absolute atomic E-state index is 0.0480. The molecular formula is C17H21N3O2. The second-order valence-electron chi connectivity index (χ2n) is 6.13. The van der Waals surface area contributed by atoms with Gasteiger partial charge in [0.15, 0.2) is 0 Å². The number of nitrogens with zero attached hydrogens (tertiary/aromatic N) is 2. The lowest BCUT2D eigenvalue weighted by atomic mass is 10.0. The van der Waals surface area contributed by atoms with E-state index in [1.807, 2.05) is 24.3 Å². The van der Waals surface area contributed by atoms with Crippen molar-refractivity contribution in [2.24, 2.45) is 0 Å². The highest BCUT2D eigenvalue weighted by Gasteiger charge is 2.21. The topological polar surface area (TPSA) is 67.2 Å². The standard InChI is InChI=1S/C17H21N3O2/c1-11(2)12-3-7-14(8-4-12)20-17(22)9-16(21)15(19-20)10-18-13-5-6-13/h3-4,7-9,11,13,18,21H,5-6,10H2,1-2H3. The van der Waals surface area contributed by atoms with Crippen molar-refractivity contribution in [1.29, 1.82) is 0 Å². The van der Waals surface area contributed by atoms with Gasteiger partial charge in [-0.2, -0.15) is 9.78 Å². The fourth-order valence-electron chi connectivity index (χ4n) is 2.32. The first-order chi connectivity index (χ1) is 10.5. The number of benzene rings is 1. The van der Waals surface area contributed by atoms with Crippen LogP contribution in [0.5, 0.6) is 5.75 Å². The van der Waals surface area contributed by atoms with Gasteiger partial charge in [0.25, 0.3) is 5.56 Å². The van der Waals surface area contributed by atoms with Gasteiger partial charge in [-0.15, -0.1) is 0 Å². The molecule has 1 aromatic heterocycles. The maximum atomic E-state index is 12.1. The highest BCUT2D eigenvalue weighted by Crippen LogP contribution is 2.21. The van der Waals surface area contributed by atoms with Crippen molar-refractivity contribution in [3.05, 3.63) is 51.9 Å². The predicted octanol–water partition coefficient (Wildman–Crippen LogP) is 2.31. The Morgan fingerprint density at radius 3 is 2.59 bits per heavy atom. The summed E-state index contributed by atoms with van der Waals surface area (Å²) in [6.45, 7) is 4.73. The lowest BCUT2D eigenvalue weighted by molar-refractivity contribution is 0.451. The van der Waals surface area contributed by atoms with Crippen LogP contribution in [0.1, 0.15) is 43.9 Å². The number of nitrogens with one attached hydrogen (secondary N) is 1. The van der Waals surface area contributed by atoms with Crippen LogP contribution in [-0.2, 0) is 6.54 Å². The summed E-state index contributed by atoms with van der Waals surface area (Å²) in [6.07, 6.45) is 2.33. The molecule has 0 radical (unpaired) electrons. The minimum Gasteiger partial charge on any atom is -0.506 e. The summed E-state index contributed by atoms with van der Waals surface area (Å²) in [7, 11) is 0. The molecule has 0 atom stereocenters. The van der Waals surface area contributed by atoms with Crippen LogP contribution in [0.15, 0.2) is 35.1 Å². The highest BCUT2D eigenvalue weighted by molar-refractivity contribution is 5.36. The van der Waals surface area contributed by atoms with Crippen molar-refractivity contribution >= 4 is 0 Å². The number of rotatable bonds is 5. The van der Waals surface area contributed by atoms with E-state index in [-0.39, 0.29) is 11.3 Å². The third-order valence-corrected chi connectivity index (χ3v) is 3.93. The molecule has 116 valence electrons. The molecule has 3 rings (SSSR count). The summed E-state index contributed by atoms with van der Waals surface area (Å²) in [5.74, 6) is 0.394. The smallest absolute Gasteiger partial charge is 0.275 e. The Kier molecular flexibility index (Phi) is 3.98. The summed E-state index contributed by atoms with van der Waals surface area (Å²) in [4.78, 5) is 12.1. The SMILES string of the molecule is CC(C)c1ccc(-n2nc(CNC3CC3)c(O)cc2=O)cc1. The van der Waals surface area contributed by atoms with Crippen molar-refractivity contribution in [3.8, 4) is 11.4 Å². The van der Waals surface area contributed by atoms with Crippen LogP contribution in [0, 0.1) is 0 Å². The molecule has 0 amide bonds. The van der Waals surface area contributed by atoms with Crippen LogP contribution >= 0.6 is 0 Å². The van der Waals surface area contributed by atoms with Crippen molar-refractivity contribution in [1.82, 2.24) is 15.1 Å². The van der Waals surface area contributed by atoms with E-state index in [2.05, 4.69) is 24.3 Å². The normalized spacial score (nSPS) is 14.5. The van der Waals surface area contributed by atoms with E-state index in [0.717, 1.165) is 12.8 Å². The van der Waals surface area contributed by atoms with Gasteiger partial charge in [-0.3, -0.25) is 4.79 Å². The molecule has 1 aliphatic rings. The van der Waals surface area contributed by atoms with Crippen LogP contribution in [0.2, 0.25) is 0 Å². The number of aromatic hydroxyl groups is 1. The van der Waals surface area contributed by atoms with Crippen molar-refractivity contribution in [3.63, 3.8) is 0 Å². The summed E-state index contributed by atoms with van der Waals surface area (Å²) in [6, 6.07) is 9.53. The number of hydrogen-bond acceptors (Lipinski definition) is 4. The Bertz CT molecular complexity index is 716. The molecule has 0 saturated heterocycles. The second kappa shape index (κ2) is 5.93. The Labute approximate surface area is 129 Å². The Morgan fingerprint density at radius 2 is 2.00 bits per heavy atom. The first-order valence-electron chi connectivity index (χ1n) is 7.70. The van der Waals surface area contributed by atoms with Crippen LogP contribution in [0.4, 0.5) is 0 Å². The van der Waals surface area contributed by atoms with Gasteiger partial charge in [-0.05, 0) is 36.5 Å². The Balaban J connectivity index is 1.91. The van der Waals surface area contributed by atoms with Gasteiger partial charge >= 0.3 is 0 Å². The maximum absolute atomic E-state index is 12.1. The van der Waals surface area contributed by atoms with Gasteiger partial charge in [0.2, 0.25) is 0 Å². The van der Waals surface area contributed by atoms with E-state index in [1.165, 1.54) is 16.3 Å². The molecule has 1 aliphatic carbocycles. The molecule has 5 heteroatoms. The average Bonchev–Trinajstić information content (AvgIpc) is 3.31. The molecule has 2 aromatic rings. The minimum atomic E-state index is -0.329. The zero-order valence-corrected chi connectivity index (χ0v) is 12.9. The van der Waals surface area contributed by atoms with Gasteiger partial charge < -0.3 is 10.4 Å². The first kappa shape index (κ1) is 14.8. The van der Waals surface area contributed by atoms with Gasteiger partial charge in [0.1, 0.15) is 11.4 Å². The number of aromatic nitrogens is 2. The largest absolute Gasteiger partial charge is 0.506 e. The lowest BCUT2D eigenvalue weighted by Crippen LogP contribution is -2.24. The molecule has 0 aliphatic heterocycles. The molecule has 1 saturated carbocycles. The zero-order valence-electron chi connectivity index (χ0n) is 12.9. The molecular weight excluding hydrogens is 278 g/mol. The van der Waals surface area contributed by atoms with Gasteiger partial charge in [-0.25, -0.2) is 0 Å². The van der Waals surface area contributed by atoms with Crippen LogP contribution in [-0.4, -0.2) is 20.9 Å². The predicted molar refractivity (Wildman–Crippen MR) is 85.4 cm³/mol. The fraction of sp³-hybridized carbons (Fsp3) is 0.412. The van der Waals surface area contributed by atoms with Crippen LogP contribution in [0.3, 0.4) is 0 Å². The third kappa shape index (κ3) is 3.20. The summed E-state index contributed by atoms with van der Waals surface area (Å²) >= 11 is 0. The fourth-order valence-corrected chi connectivity index (χ4v) is 2.32. The van der Waals surface area contributed by atoms with E-state index in [0.29, 0.717) is 29.9 Å². The first-order valence-corrected chi connectivity index (χ1v) is 7.70. The highest BCUT2D eigenvalue weighted by atomic mass is 16.3. The van der Waals surface area contributed by atoms with Crippen LogP contribution in [0.25, 0.3) is 5.69 Å². The molecule has 1 aromatic carbocycles. The molecule has 5 nitrogen and oxygen atoms in total. The lowest BCUT2D eigenvalue weighted by Gasteiger charge is -2.11. The van der Waals surface area contributed by atoms with Gasteiger partial charge in [0.05, 0.1) is 5.69 Å². The summed E-state index contributed by atoms with van der Waals surface area (Å²) in [5.41, 5.74) is 2.10. The van der Waals surface area contributed by atoms with Crippen molar-refractivity contribution in [2.75, 3.05) is 0 Å². The van der Waals surface area contributed by atoms with Crippen molar-refractivity contribution in [2.45, 2.75) is 45.2 Å². The molecule has 0 bridgehead atoms. The monoisotopic (exact) mass is 299 g/mol. The average molecular weight is 299 g/mol. The van der Waals surface area contributed by atoms with E-state index < -0.39 is 0 Å². The van der Waals surface area contributed by atoms with Crippen molar-refractivity contribution < 1.29 is 5.11 Å². The maximum Gasteiger partial charge on any atom is 0.275 e. The zero-order chi connectivity index (χ0) is 15.7. The second-order valence-corrected chi connectivity index (χ2v) is 6.13. The van der Waals surface area contributed by atoms with Crippen LogP contribution < -0.4 is 10.9 Å². The third-order valence-electron chi connectivity index (χ3n) is 3.93. The Hall–Kier alpha value is -2.14. The van der Waals surface area contributed by atoms with E-state index in [4.69, 9.17) is 0 Å².